The standard InChI is InChI=1S/C29H34N2/c1-21-7-5-6-10-27(21)28-30-19-26(31(28)20-22-8-3-2-4-9-22)11-12-29-16-23-13-24(17-29)15-25(14-23)18-29/h2-10,19,23-25H,11-18,20H2,1H3. The Morgan fingerprint density at radius 1 is 0.871 bits per heavy atom. The van der Waals surface area contributed by atoms with Crippen LogP contribution in [0.4, 0.5) is 0 Å². The van der Waals surface area contributed by atoms with E-state index in [4.69, 9.17) is 4.98 Å². The minimum atomic E-state index is 0.624. The summed E-state index contributed by atoms with van der Waals surface area (Å²) in [4.78, 5) is 4.97. The highest BCUT2D eigenvalue weighted by atomic mass is 15.1. The molecule has 1 aromatic heterocycles. The molecule has 0 N–H and O–H groups in total. The van der Waals surface area contributed by atoms with Crippen molar-refractivity contribution in [1.82, 2.24) is 9.55 Å². The van der Waals surface area contributed by atoms with Crippen molar-refractivity contribution in [2.45, 2.75) is 64.8 Å². The molecule has 4 bridgehead atoms. The van der Waals surface area contributed by atoms with Gasteiger partial charge in [-0.2, -0.15) is 0 Å². The van der Waals surface area contributed by atoms with Crippen molar-refractivity contribution in [3.8, 4) is 11.4 Å². The van der Waals surface area contributed by atoms with Crippen LogP contribution < -0.4 is 0 Å². The molecule has 0 aliphatic heterocycles. The highest BCUT2D eigenvalue weighted by Gasteiger charge is 2.50. The summed E-state index contributed by atoms with van der Waals surface area (Å²) in [6, 6.07) is 19.6. The molecule has 0 amide bonds. The molecule has 0 radical (unpaired) electrons. The topological polar surface area (TPSA) is 17.8 Å². The normalized spacial score (nSPS) is 28.9. The van der Waals surface area contributed by atoms with E-state index in [1.54, 1.807) is 0 Å². The predicted octanol–water partition coefficient (Wildman–Crippen LogP) is 7.06. The molecule has 160 valence electrons. The largest absolute Gasteiger partial charge is 0.324 e. The van der Waals surface area contributed by atoms with Crippen LogP contribution >= 0.6 is 0 Å². The van der Waals surface area contributed by atoms with Crippen LogP contribution in [0.5, 0.6) is 0 Å². The van der Waals surface area contributed by atoms with E-state index < -0.39 is 0 Å². The molecule has 4 aliphatic rings. The zero-order chi connectivity index (χ0) is 20.8. The lowest BCUT2D eigenvalue weighted by atomic mass is 9.48. The first kappa shape index (κ1) is 19.3. The summed E-state index contributed by atoms with van der Waals surface area (Å²) >= 11 is 0. The SMILES string of the molecule is Cc1ccccc1-c1ncc(CCC23CC4CC(CC(C4)C2)C3)n1Cc1ccccc1. The Bertz CT molecular complexity index is 1030. The van der Waals surface area contributed by atoms with E-state index in [9.17, 15) is 0 Å². The lowest BCUT2D eigenvalue weighted by Crippen LogP contribution is -2.46. The molecule has 31 heavy (non-hydrogen) atoms. The van der Waals surface area contributed by atoms with E-state index in [0.717, 1.165) is 36.5 Å². The molecule has 0 spiro atoms. The molecule has 0 unspecified atom stereocenters. The molecule has 4 fully saturated rings. The molecule has 2 heteroatoms. The maximum atomic E-state index is 4.97. The summed E-state index contributed by atoms with van der Waals surface area (Å²) in [5.41, 5.74) is 5.96. The average Bonchev–Trinajstić information content (AvgIpc) is 3.15. The molecule has 1 heterocycles. The Labute approximate surface area is 186 Å². The smallest absolute Gasteiger partial charge is 0.140 e. The fourth-order valence-corrected chi connectivity index (χ4v) is 7.58. The van der Waals surface area contributed by atoms with Gasteiger partial charge in [-0.05, 0) is 92.6 Å². The molecule has 0 atom stereocenters. The number of aryl methyl sites for hydroxylation is 2. The third kappa shape index (κ3) is 3.64. The van der Waals surface area contributed by atoms with Gasteiger partial charge in [0.1, 0.15) is 5.82 Å². The minimum absolute atomic E-state index is 0.624. The molecular formula is C29H34N2. The van der Waals surface area contributed by atoms with Crippen molar-refractivity contribution in [3.05, 3.63) is 77.6 Å². The van der Waals surface area contributed by atoms with Gasteiger partial charge in [-0.25, -0.2) is 4.98 Å². The maximum absolute atomic E-state index is 4.97. The summed E-state index contributed by atoms with van der Waals surface area (Å²) in [7, 11) is 0. The van der Waals surface area contributed by atoms with Crippen LogP contribution in [0.2, 0.25) is 0 Å². The van der Waals surface area contributed by atoms with Gasteiger partial charge in [0, 0.05) is 24.0 Å². The molecule has 4 saturated carbocycles. The van der Waals surface area contributed by atoms with E-state index in [-0.39, 0.29) is 0 Å². The van der Waals surface area contributed by atoms with Crippen molar-refractivity contribution in [2.24, 2.45) is 23.2 Å². The number of imidazole rings is 1. The molecule has 2 nitrogen and oxygen atoms in total. The van der Waals surface area contributed by atoms with Crippen LogP contribution in [0.15, 0.2) is 60.8 Å². The van der Waals surface area contributed by atoms with Gasteiger partial charge < -0.3 is 4.57 Å². The fraction of sp³-hybridized carbons (Fsp3) is 0.483. The Kier molecular flexibility index (Phi) is 4.78. The van der Waals surface area contributed by atoms with Gasteiger partial charge in [0.15, 0.2) is 0 Å². The van der Waals surface area contributed by atoms with Crippen molar-refractivity contribution >= 4 is 0 Å². The van der Waals surface area contributed by atoms with Crippen LogP contribution in [0.25, 0.3) is 11.4 Å². The van der Waals surface area contributed by atoms with Crippen LogP contribution in [-0.4, -0.2) is 9.55 Å². The average molecular weight is 411 g/mol. The lowest BCUT2D eigenvalue weighted by Gasteiger charge is -2.57. The van der Waals surface area contributed by atoms with E-state index in [1.165, 1.54) is 67.3 Å². The molecule has 2 aromatic carbocycles. The Hall–Kier alpha value is -2.35. The quantitative estimate of drug-likeness (QED) is 0.425. The first-order chi connectivity index (χ1) is 15.2. The number of rotatable bonds is 6. The zero-order valence-electron chi connectivity index (χ0n) is 18.8. The molecular weight excluding hydrogens is 376 g/mol. The van der Waals surface area contributed by atoms with Gasteiger partial charge in [0.25, 0.3) is 0 Å². The maximum Gasteiger partial charge on any atom is 0.140 e. The second kappa shape index (κ2) is 7.65. The lowest BCUT2D eigenvalue weighted by molar-refractivity contribution is -0.0571. The second-order valence-electron chi connectivity index (χ2n) is 10.9. The van der Waals surface area contributed by atoms with Gasteiger partial charge in [0.05, 0.1) is 0 Å². The Morgan fingerprint density at radius 2 is 1.52 bits per heavy atom. The number of benzene rings is 2. The van der Waals surface area contributed by atoms with E-state index >= 15 is 0 Å². The number of aromatic nitrogens is 2. The molecule has 0 saturated heterocycles. The second-order valence-corrected chi connectivity index (χ2v) is 10.9. The summed E-state index contributed by atoms with van der Waals surface area (Å²) in [5, 5.41) is 0. The van der Waals surface area contributed by atoms with Gasteiger partial charge >= 0.3 is 0 Å². The Balaban J connectivity index is 1.31. The number of nitrogens with zero attached hydrogens (tertiary/aromatic N) is 2. The van der Waals surface area contributed by atoms with Crippen LogP contribution in [0, 0.1) is 30.1 Å². The zero-order valence-corrected chi connectivity index (χ0v) is 18.8. The fourth-order valence-electron chi connectivity index (χ4n) is 7.58. The number of hydrogen-bond acceptors (Lipinski definition) is 1. The number of hydrogen-bond donors (Lipinski definition) is 0. The highest BCUT2D eigenvalue weighted by molar-refractivity contribution is 5.61. The van der Waals surface area contributed by atoms with Gasteiger partial charge in [-0.1, -0.05) is 54.6 Å². The van der Waals surface area contributed by atoms with Crippen LogP contribution in [-0.2, 0) is 13.0 Å². The third-order valence-corrected chi connectivity index (χ3v) is 8.58. The summed E-state index contributed by atoms with van der Waals surface area (Å²) in [6.07, 6.45) is 13.8. The highest BCUT2D eigenvalue weighted by Crippen LogP contribution is 2.61. The van der Waals surface area contributed by atoms with Crippen molar-refractivity contribution in [3.63, 3.8) is 0 Å². The summed E-state index contributed by atoms with van der Waals surface area (Å²) in [6.45, 7) is 3.10. The molecule has 7 rings (SSSR count). The Morgan fingerprint density at radius 3 is 2.19 bits per heavy atom. The first-order valence-corrected chi connectivity index (χ1v) is 12.3. The molecule has 3 aromatic rings. The molecule has 4 aliphatic carbocycles. The van der Waals surface area contributed by atoms with Gasteiger partial charge in [-0.15, -0.1) is 0 Å². The van der Waals surface area contributed by atoms with E-state index in [2.05, 4.69) is 72.3 Å². The van der Waals surface area contributed by atoms with E-state index in [1.807, 2.05) is 0 Å². The predicted molar refractivity (Wildman–Crippen MR) is 127 cm³/mol. The van der Waals surface area contributed by atoms with Crippen molar-refractivity contribution < 1.29 is 0 Å². The van der Waals surface area contributed by atoms with E-state index in [0.29, 0.717) is 5.41 Å². The van der Waals surface area contributed by atoms with Gasteiger partial charge in [0.2, 0.25) is 0 Å². The van der Waals surface area contributed by atoms with Crippen molar-refractivity contribution in [1.29, 1.82) is 0 Å². The third-order valence-electron chi connectivity index (χ3n) is 8.58. The van der Waals surface area contributed by atoms with Gasteiger partial charge in [-0.3, -0.25) is 0 Å². The van der Waals surface area contributed by atoms with Crippen LogP contribution in [0.3, 0.4) is 0 Å². The summed E-state index contributed by atoms with van der Waals surface area (Å²) in [5.74, 6) is 4.22. The first-order valence-electron chi connectivity index (χ1n) is 12.3. The van der Waals surface area contributed by atoms with Crippen LogP contribution in [0.1, 0.15) is 61.8 Å². The summed E-state index contributed by atoms with van der Waals surface area (Å²) < 4.78 is 2.50. The van der Waals surface area contributed by atoms with Crippen molar-refractivity contribution in [2.75, 3.05) is 0 Å². The monoisotopic (exact) mass is 410 g/mol. The minimum Gasteiger partial charge on any atom is -0.324 e.